The Labute approximate surface area is 181 Å². The molecule has 7 heteroatoms. The van der Waals surface area contributed by atoms with Gasteiger partial charge in [0, 0.05) is 24.4 Å². The van der Waals surface area contributed by atoms with Gasteiger partial charge in [-0.1, -0.05) is 25.3 Å². The summed E-state index contributed by atoms with van der Waals surface area (Å²) in [5.74, 6) is 0.445. The number of carbonyl (C=O) groups excluding carboxylic acids is 1. The van der Waals surface area contributed by atoms with Crippen molar-refractivity contribution < 1.29 is 14.6 Å². The predicted molar refractivity (Wildman–Crippen MR) is 117 cm³/mol. The second kappa shape index (κ2) is 7.62. The molecule has 0 radical (unpaired) electrons. The summed E-state index contributed by atoms with van der Waals surface area (Å²) in [7, 11) is 0. The van der Waals surface area contributed by atoms with Crippen LogP contribution in [0.25, 0.3) is 10.6 Å². The number of aliphatic hydroxyl groups is 1. The monoisotopic (exact) mass is 427 g/mol. The fraction of sp³-hybridized carbons (Fsp3) is 0.565. The van der Waals surface area contributed by atoms with Crippen molar-refractivity contribution in [3.63, 3.8) is 0 Å². The minimum Gasteiger partial charge on any atom is -0.384 e. The quantitative estimate of drug-likeness (QED) is 0.766. The predicted octanol–water partition coefficient (Wildman–Crippen LogP) is 3.48. The number of likely N-dealkylation sites (tertiary alicyclic amines) is 1. The van der Waals surface area contributed by atoms with Crippen LogP contribution in [-0.4, -0.2) is 46.2 Å². The highest BCUT2D eigenvalue weighted by Crippen LogP contribution is 2.47. The molecule has 3 aliphatic rings. The summed E-state index contributed by atoms with van der Waals surface area (Å²) in [5, 5.41) is 10.9. The van der Waals surface area contributed by atoms with Crippen LogP contribution in [0.15, 0.2) is 24.3 Å². The zero-order chi connectivity index (χ0) is 20.8. The first-order valence-electron chi connectivity index (χ1n) is 11.0. The van der Waals surface area contributed by atoms with Crippen molar-refractivity contribution in [3.05, 3.63) is 34.7 Å². The molecule has 3 N–H and O–H groups in total. The minimum atomic E-state index is -1.16. The third kappa shape index (κ3) is 3.43. The lowest BCUT2D eigenvalue weighted by atomic mass is 9.80. The Kier molecular flexibility index (Phi) is 5.08. The van der Waals surface area contributed by atoms with Crippen LogP contribution in [0.2, 0.25) is 0 Å². The van der Waals surface area contributed by atoms with E-state index in [2.05, 4.69) is 11.1 Å². The maximum absolute atomic E-state index is 13.0. The zero-order valence-electron chi connectivity index (χ0n) is 17.2. The summed E-state index contributed by atoms with van der Waals surface area (Å²) in [4.78, 5) is 21.8. The van der Waals surface area contributed by atoms with E-state index in [0.717, 1.165) is 49.1 Å². The van der Waals surface area contributed by atoms with Gasteiger partial charge in [0.15, 0.2) is 0 Å². The molecule has 1 amide bonds. The van der Waals surface area contributed by atoms with Gasteiger partial charge in [-0.25, -0.2) is 4.98 Å². The molecule has 0 bridgehead atoms. The molecule has 0 aromatic carbocycles. The van der Waals surface area contributed by atoms with E-state index in [1.807, 2.05) is 17.0 Å². The molecule has 2 fully saturated rings. The first-order chi connectivity index (χ1) is 14.5. The third-order valence-corrected chi connectivity index (χ3v) is 8.18. The summed E-state index contributed by atoms with van der Waals surface area (Å²) in [5.41, 5.74) is 6.54. The van der Waals surface area contributed by atoms with Gasteiger partial charge in [0.1, 0.15) is 11.4 Å². The van der Waals surface area contributed by atoms with Crippen LogP contribution in [0, 0.1) is 0 Å². The number of thiophene rings is 1. The van der Waals surface area contributed by atoms with Gasteiger partial charge < -0.3 is 20.5 Å². The molecule has 160 valence electrons. The Morgan fingerprint density at radius 2 is 1.93 bits per heavy atom. The highest BCUT2D eigenvalue weighted by molar-refractivity contribution is 7.15. The highest BCUT2D eigenvalue weighted by Gasteiger charge is 2.46. The molecule has 2 aliphatic heterocycles. The molecule has 5 rings (SSSR count). The van der Waals surface area contributed by atoms with Crippen LogP contribution < -0.4 is 5.73 Å². The van der Waals surface area contributed by atoms with Crippen molar-refractivity contribution in [1.29, 1.82) is 0 Å². The molecular formula is C23H29N3O3S. The summed E-state index contributed by atoms with van der Waals surface area (Å²) in [6.07, 6.45) is 6.60. The largest absolute Gasteiger partial charge is 0.384 e. The van der Waals surface area contributed by atoms with Crippen molar-refractivity contribution in [2.45, 2.75) is 62.6 Å². The first kappa shape index (κ1) is 20.0. The van der Waals surface area contributed by atoms with Crippen LogP contribution in [-0.2, 0) is 21.6 Å². The van der Waals surface area contributed by atoms with Crippen molar-refractivity contribution in [3.8, 4) is 10.6 Å². The molecular weight excluding hydrogens is 398 g/mol. The van der Waals surface area contributed by atoms with Crippen LogP contribution in [0.5, 0.6) is 0 Å². The molecule has 1 spiro atoms. The number of nitrogen functional groups attached to an aromatic ring is 1. The summed E-state index contributed by atoms with van der Waals surface area (Å²) >= 11 is 1.78. The van der Waals surface area contributed by atoms with E-state index in [0.29, 0.717) is 38.4 Å². The number of pyridine rings is 1. The Morgan fingerprint density at radius 1 is 1.17 bits per heavy atom. The van der Waals surface area contributed by atoms with E-state index in [1.165, 1.54) is 10.4 Å². The van der Waals surface area contributed by atoms with Gasteiger partial charge in [0.25, 0.3) is 5.91 Å². The lowest BCUT2D eigenvalue weighted by Gasteiger charge is -2.46. The van der Waals surface area contributed by atoms with Crippen LogP contribution >= 0.6 is 11.3 Å². The number of nitrogens with zero attached hydrogens (tertiary/aromatic N) is 2. The Hall–Kier alpha value is -1.96. The number of piperidine rings is 1. The van der Waals surface area contributed by atoms with Gasteiger partial charge in [0.05, 0.1) is 22.8 Å². The second-order valence-electron chi connectivity index (χ2n) is 8.87. The number of nitrogens with two attached hydrogens (primary N) is 1. The van der Waals surface area contributed by atoms with E-state index in [4.69, 9.17) is 10.5 Å². The van der Waals surface area contributed by atoms with Crippen molar-refractivity contribution in [1.82, 2.24) is 9.88 Å². The molecule has 4 heterocycles. The minimum absolute atomic E-state index is 0.0805. The molecule has 1 aliphatic carbocycles. The number of fused-ring (bicyclic) bond motifs is 2. The number of anilines is 1. The highest BCUT2D eigenvalue weighted by atomic mass is 32.1. The van der Waals surface area contributed by atoms with Crippen molar-refractivity contribution in [2.24, 2.45) is 0 Å². The van der Waals surface area contributed by atoms with Gasteiger partial charge in [-0.3, -0.25) is 4.79 Å². The molecule has 6 nitrogen and oxygen atoms in total. The van der Waals surface area contributed by atoms with Crippen LogP contribution in [0.4, 0.5) is 5.82 Å². The molecule has 30 heavy (non-hydrogen) atoms. The summed E-state index contributed by atoms with van der Waals surface area (Å²) in [6.45, 7) is 1.96. The van der Waals surface area contributed by atoms with Crippen LogP contribution in [0.1, 0.15) is 55.4 Å². The first-order valence-corrected chi connectivity index (χ1v) is 11.8. The summed E-state index contributed by atoms with van der Waals surface area (Å²) in [6, 6.07) is 7.94. The molecule has 1 saturated carbocycles. The number of aromatic nitrogens is 1. The molecule has 2 aromatic heterocycles. The molecule has 1 saturated heterocycles. The van der Waals surface area contributed by atoms with Gasteiger partial charge >= 0.3 is 0 Å². The van der Waals surface area contributed by atoms with Gasteiger partial charge in [-0.2, -0.15) is 0 Å². The third-order valence-electron chi connectivity index (χ3n) is 6.97. The smallest absolute Gasteiger partial charge is 0.254 e. The fourth-order valence-corrected chi connectivity index (χ4v) is 6.46. The van der Waals surface area contributed by atoms with Gasteiger partial charge in [-0.15, -0.1) is 11.3 Å². The number of amides is 1. The standard InChI is InChI=1S/C23H29N3O3S/c24-20-6-4-5-17(25-20)19-15-16-18(30-19)7-14-29-23(16)10-12-26(13-11-23)21(27)22(28)8-2-1-3-9-22/h4-6,15,28H,1-3,7-14H2,(H2,24,25). The van der Waals surface area contributed by atoms with E-state index in [-0.39, 0.29) is 11.5 Å². The molecule has 2 aromatic rings. The number of carbonyl (C=O) groups is 1. The van der Waals surface area contributed by atoms with Gasteiger partial charge in [0.2, 0.25) is 0 Å². The Balaban J connectivity index is 1.36. The second-order valence-corrected chi connectivity index (χ2v) is 10.0. The van der Waals surface area contributed by atoms with Crippen molar-refractivity contribution in [2.75, 3.05) is 25.4 Å². The van der Waals surface area contributed by atoms with Crippen LogP contribution in [0.3, 0.4) is 0 Å². The van der Waals surface area contributed by atoms with E-state index in [1.54, 1.807) is 17.4 Å². The zero-order valence-corrected chi connectivity index (χ0v) is 18.0. The maximum Gasteiger partial charge on any atom is 0.254 e. The lowest BCUT2D eigenvalue weighted by Crippen LogP contribution is -2.55. The number of hydrogen-bond acceptors (Lipinski definition) is 6. The number of ether oxygens (including phenoxy) is 1. The topological polar surface area (TPSA) is 88.7 Å². The average Bonchev–Trinajstić information content (AvgIpc) is 3.21. The average molecular weight is 428 g/mol. The SMILES string of the molecule is Nc1cccc(-c2cc3c(s2)CCOC32CCN(C(=O)C3(O)CCCCC3)CC2)n1. The molecule has 0 atom stereocenters. The Bertz CT molecular complexity index is 943. The number of hydrogen-bond donors (Lipinski definition) is 2. The summed E-state index contributed by atoms with van der Waals surface area (Å²) < 4.78 is 6.37. The fourth-order valence-electron chi connectivity index (χ4n) is 5.26. The van der Waals surface area contributed by atoms with E-state index >= 15 is 0 Å². The van der Waals surface area contributed by atoms with E-state index in [9.17, 15) is 9.90 Å². The molecule has 0 unspecified atom stereocenters. The number of rotatable bonds is 2. The Morgan fingerprint density at radius 3 is 2.67 bits per heavy atom. The lowest BCUT2D eigenvalue weighted by molar-refractivity contribution is -0.162. The van der Waals surface area contributed by atoms with Gasteiger partial charge in [-0.05, 0) is 49.4 Å². The van der Waals surface area contributed by atoms with Crippen molar-refractivity contribution >= 4 is 23.1 Å². The normalized spacial score (nSPS) is 22.6. The van der Waals surface area contributed by atoms with E-state index < -0.39 is 5.60 Å². The maximum atomic E-state index is 13.0.